The minimum absolute atomic E-state index is 0.330. The zero-order chi connectivity index (χ0) is 14.9. The standard InChI is InChI=1S/C19H18N2Se/c1-14-19(22-17-10-6-3-7-11-17)18(15-12-13-15)20-21(14)16-8-4-2-5-9-16/h2-11,15H,12-13H2,1H3. The molecule has 1 aliphatic rings. The number of para-hydroxylation sites is 1. The molecule has 110 valence electrons. The van der Waals surface area contributed by atoms with Gasteiger partial charge in [0, 0.05) is 0 Å². The van der Waals surface area contributed by atoms with Crippen molar-refractivity contribution in [2.75, 3.05) is 0 Å². The van der Waals surface area contributed by atoms with Crippen LogP contribution in [0.2, 0.25) is 0 Å². The third kappa shape index (κ3) is 2.63. The zero-order valence-corrected chi connectivity index (χ0v) is 14.3. The van der Waals surface area contributed by atoms with Crippen molar-refractivity contribution < 1.29 is 0 Å². The van der Waals surface area contributed by atoms with Gasteiger partial charge in [0.25, 0.3) is 0 Å². The number of benzene rings is 2. The molecule has 0 N–H and O–H groups in total. The predicted octanol–water partition coefficient (Wildman–Crippen LogP) is 2.71. The summed E-state index contributed by atoms with van der Waals surface area (Å²) in [6.45, 7) is 2.21. The van der Waals surface area contributed by atoms with Crippen LogP contribution in [-0.2, 0) is 0 Å². The second-order valence-corrected chi connectivity index (χ2v) is 8.01. The predicted molar refractivity (Wildman–Crippen MR) is 91.7 cm³/mol. The molecule has 1 heterocycles. The summed E-state index contributed by atoms with van der Waals surface area (Å²) in [6, 6.07) is 21.3. The van der Waals surface area contributed by atoms with E-state index < -0.39 is 0 Å². The summed E-state index contributed by atoms with van der Waals surface area (Å²) in [5.41, 5.74) is 3.80. The minimum atomic E-state index is 0.330. The van der Waals surface area contributed by atoms with Crippen molar-refractivity contribution in [3.8, 4) is 5.69 Å². The van der Waals surface area contributed by atoms with E-state index in [-0.39, 0.29) is 0 Å². The van der Waals surface area contributed by atoms with Gasteiger partial charge in [0.2, 0.25) is 0 Å². The molecule has 22 heavy (non-hydrogen) atoms. The molecule has 4 rings (SSSR count). The van der Waals surface area contributed by atoms with Crippen LogP contribution in [-0.4, -0.2) is 24.7 Å². The van der Waals surface area contributed by atoms with Gasteiger partial charge in [-0.25, -0.2) is 0 Å². The first-order valence-corrected chi connectivity index (χ1v) is 9.42. The number of aromatic nitrogens is 2. The van der Waals surface area contributed by atoms with Crippen molar-refractivity contribution in [1.82, 2.24) is 9.78 Å². The second-order valence-electron chi connectivity index (χ2n) is 5.74. The Morgan fingerprint density at radius 3 is 2.23 bits per heavy atom. The zero-order valence-electron chi connectivity index (χ0n) is 12.6. The molecule has 0 spiro atoms. The third-order valence-electron chi connectivity index (χ3n) is 4.01. The molecule has 3 aromatic rings. The Morgan fingerprint density at radius 1 is 0.955 bits per heavy atom. The summed E-state index contributed by atoms with van der Waals surface area (Å²) >= 11 is 0.330. The molecule has 0 amide bonds. The summed E-state index contributed by atoms with van der Waals surface area (Å²) in [6.07, 6.45) is 2.59. The van der Waals surface area contributed by atoms with E-state index >= 15 is 0 Å². The van der Waals surface area contributed by atoms with E-state index in [2.05, 4.69) is 72.3 Å². The van der Waals surface area contributed by atoms with E-state index in [4.69, 9.17) is 5.10 Å². The summed E-state index contributed by atoms with van der Waals surface area (Å²) in [5, 5.41) is 4.97. The fourth-order valence-corrected chi connectivity index (χ4v) is 4.94. The molecule has 2 nitrogen and oxygen atoms in total. The van der Waals surface area contributed by atoms with Crippen LogP contribution >= 0.6 is 0 Å². The molecule has 2 aromatic carbocycles. The van der Waals surface area contributed by atoms with Crippen molar-refractivity contribution in [2.24, 2.45) is 0 Å². The SMILES string of the molecule is Cc1c([Se]c2ccccc2)c(C2CC2)nn1-c1ccccc1. The number of rotatable bonds is 4. The van der Waals surface area contributed by atoms with Gasteiger partial charge < -0.3 is 0 Å². The van der Waals surface area contributed by atoms with Crippen LogP contribution in [0, 0.1) is 6.92 Å². The summed E-state index contributed by atoms with van der Waals surface area (Å²) < 4.78 is 5.03. The second kappa shape index (κ2) is 5.75. The monoisotopic (exact) mass is 354 g/mol. The van der Waals surface area contributed by atoms with Gasteiger partial charge in [0.1, 0.15) is 0 Å². The Bertz CT molecular complexity index is 774. The van der Waals surface area contributed by atoms with Gasteiger partial charge >= 0.3 is 137 Å². The fourth-order valence-electron chi connectivity index (χ4n) is 2.69. The first-order valence-electron chi connectivity index (χ1n) is 7.71. The Labute approximate surface area is 137 Å². The fraction of sp³-hybridized carbons (Fsp3) is 0.211. The van der Waals surface area contributed by atoms with Gasteiger partial charge in [-0.3, -0.25) is 0 Å². The van der Waals surface area contributed by atoms with Crippen LogP contribution in [0.15, 0.2) is 60.7 Å². The van der Waals surface area contributed by atoms with Crippen LogP contribution in [0.4, 0.5) is 0 Å². The van der Waals surface area contributed by atoms with Crippen molar-refractivity contribution in [3.63, 3.8) is 0 Å². The van der Waals surface area contributed by atoms with E-state index in [0.29, 0.717) is 20.9 Å². The maximum absolute atomic E-state index is 4.97. The molecule has 0 bridgehead atoms. The maximum atomic E-state index is 4.97. The van der Waals surface area contributed by atoms with Crippen LogP contribution in [0.1, 0.15) is 30.1 Å². The number of hydrogen-bond donors (Lipinski definition) is 0. The molecular weight excluding hydrogens is 335 g/mol. The van der Waals surface area contributed by atoms with Crippen molar-refractivity contribution in [1.29, 1.82) is 0 Å². The first-order chi connectivity index (χ1) is 10.8. The van der Waals surface area contributed by atoms with E-state index in [1.54, 1.807) is 0 Å². The van der Waals surface area contributed by atoms with Crippen LogP contribution in [0.5, 0.6) is 0 Å². The van der Waals surface area contributed by atoms with E-state index in [9.17, 15) is 0 Å². The van der Waals surface area contributed by atoms with Crippen LogP contribution < -0.4 is 8.92 Å². The number of hydrogen-bond acceptors (Lipinski definition) is 1. The Balaban J connectivity index is 1.78. The Hall–Kier alpha value is -1.83. The van der Waals surface area contributed by atoms with Crippen molar-refractivity contribution in [2.45, 2.75) is 25.7 Å². The summed E-state index contributed by atoms with van der Waals surface area (Å²) in [4.78, 5) is 0. The van der Waals surface area contributed by atoms with Crippen molar-refractivity contribution >= 4 is 23.9 Å². The van der Waals surface area contributed by atoms with E-state index in [1.165, 1.54) is 33.2 Å². The molecule has 0 aliphatic heterocycles. The Kier molecular flexibility index (Phi) is 3.61. The van der Waals surface area contributed by atoms with Gasteiger partial charge in [-0.15, -0.1) is 0 Å². The van der Waals surface area contributed by atoms with Gasteiger partial charge in [-0.2, -0.15) is 0 Å². The Morgan fingerprint density at radius 2 is 1.59 bits per heavy atom. The first kappa shape index (κ1) is 13.8. The molecule has 0 unspecified atom stereocenters. The molecule has 3 heteroatoms. The molecule has 1 fully saturated rings. The van der Waals surface area contributed by atoms with Crippen LogP contribution in [0.3, 0.4) is 0 Å². The van der Waals surface area contributed by atoms with Gasteiger partial charge in [-0.1, -0.05) is 0 Å². The third-order valence-corrected chi connectivity index (χ3v) is 6.57. The average Bonchev–Trinajstić information content (AvgIpc) is 3.36. The van der Waals surface area contributed by atoms with Crippen molar-refractivity contribution in [3.05, 3.63) is 72.1 Å². The molecule has 0 atom stereocenters. The molecular formula is C19H18N2Se. The van der Waals surface area contributed by atoms with Gasteiger partial charge in [-0.05, 0) is 0 Å². The molecule has 0 radical (unpaired) electrons. The summed E-state index contributed by atoms with van der Waals surface area (Å²) in [7, 11) is 0. The number of nitrogens with zero attached hydrogens (tertiary/aromatic N) is 2. The van der Waals surface area contributed by atoms with E-state index in [1.807, 2.05) is 0 Å². The topological polar surface area (TPSA) is 17.8 Å². The van der Waals surface area contributed by atoms with Gasteiger partial charge in [0.05, 0.1) is 0 Å². The average molecular weight is 353 g/mol. The quantitative estimate of drug-likeness (QED) is 0.660. The van der Waals surface area contributed by atoms with Gasteiger partial charge in [0.15, 0.2) is 0 Å². The molecule has 1 saturated carbocycles. The molecule has 1 aliphatic carbocycles. The normalized spacial score (nSPS) is 14.2. The summed E-state index contributed by atoms with van der Waals surface area (Å²) in [5.74, 6) is 0.684. The van der Waals surface area contributed by atoms with Crippen LogP contribution in [0.25, 0.3) is 5.69 Å². The molecule has 1 aromatic heterocycles. The molecule has 0 saturated heterocycles. The van der Waals surface area contributed by atoms with E-state index in [0.717, 1.165) is 5.69 Å².